The molecule has 6 nitrogen and oxygen atoms in total. The Morgan fingerprint density at radius 3 is 2.12 bits per heavy atom. The molecular formula is C26H26N4O2. The number of hydrogen-bond acceptors (Lipinski definition) is 3. The van der Waals surface area contributed by atoms with Crippen LogP contribution in [0.5, 0.6) is 0 Å². The summed E-state index contributed by atoms with van der Waals surface area (Å²) in [6.45, 7) is 5.53. The maximum Gasteiger partial charge on any atom is 0.332 e. The van der Waals surface area contributed by atoms with Crippen molar-refractivity contribution >= 4 is 22.8 Å². The topological polar surface area (TPSA) is 61.8 Å². The highest BCUT2D eigenvalue weighted by Gasteiger charge is 2.24. The molecule has 32 heavy (non-hydrogen) atoms. The number of allylic oxidation sites excluding steroid dienone is 1. The van der Waals surface area contributed by atoms with Crippen LogP contribution in [0.4, 0.5) is 0 Å². The van der Waals surface area contributed by atoms with Gasteiger partial charge in [-0.25, -0.2) is 9.78 Å². The van der Waals surface area contributed by atoms with Crippen LogP contribution < -0.4 is 11.2 Å². The lowest BCUT2D eigenvalue weighted by atomic mass is 10.0. The number of hydrogen-bond donors (Lipinski definition) is 0. The summed E-state index contributed by atoms with van der Waals surface area (Å²) < 4.78 is 4.97. The molecule has 1 aliphatic rings. The quantitative estimate of drug-likeness (QED) is 0.459. The number of imidazole rings is 1. The first-order valence-electron chi connectivity index (χ1n) is 11.2. The Morgan fingerprint density at radius 2 is 1.44 bits per heavy atom. The van der Waals surface area contributed by atoms with Gasteiger partial charge in [0.2, 0.25) is 0 Å². The van der Waals surface area contributed by atoms with Gasteiger partial charge in [-0.15, -0.1) is 0 Å². The maximum absolute atomic E-state index is 13.2. The van der Waals surface area contributed by atoms with Crippen molar-refractivity contribution in [3.8, 4) is 11.1 Å². The molecule has 6 heteroatoms. The average Bonchev–Trinajstić information content (AvgIpc) is 3.38. The summed E-state index contributed by atoms with van der Waals surface area (Å²) in [4.78, 5) is 30.8. The van der Waals surface area contributed by atoms with Crippen molar-refractivity contribution in [3.05, 3.63) is 86.8 Å². The number of rotatable bonds is 6. The van der Waals surface area contributed by atoms with Crippen LogP contribution in [-0.4, -0.2) is 18.7 Å². The fourth-order valence-electron chi connectivity index (χ4n) is 4.48. The van der Waals surface area contributed by atoms with E-state index in [0.717, 1.165) is 29.8 Å². The lowest BCUT2D eigenvalue weighted by Crippen LogP contribution is -2.40. The second-order valence-corrected chi connectivity index (χ2v) is 8.23. The molecule has 2 aromatic heterocycles. The number of aromatic nitrogens is 4. The smallest absolute Gasteiger partial charge is 0.314 e. The monoisotopic (exact) mass is 426 g/mol. The second kappa shape index (κ2) is 8.11. The molecule has 2 aromatic carbocycles. The first kappa shape index (κ1) is 20.2. The summed E-state index contributed by atoms with van der Waals surface area (Å²) in [7, 11) is 0. The number of fused-ring (bicyclic) bond motifs is 3. The highest BCUT2D eigenvalue weighted by Crippen LogP contribution is 2.30. The zero-order valence-electron chi connectivity index (χ0n) is 18.4. The van der Waals surface area contributed by atoms with Crippen LogP contribution in [0.2, 0.25) is 0 Å². The van der Waals surface area contributed by atoms with Crippen LogP contribution in [-0.2, 0) is 19.6 Å². The highest BCUT2D eigenvalue weighted by atomic mass is 16.2. The summed E-state index contributed by atoms with van der Waals surface area (Å²) in [5.41, 5.74) is 5.09. The van der Waals surface area contributed by atoms with Crippen LogP contribution in [0, 0.1) is 0 Å². The first-order valence-corrected chi connectivity index (χ1v) is 11.2. The van der Waals surface area contributed by atoms with Gasteiger partial charge in [0, 0.05) is 13.1 Å². The Hall–Kier alpha value is -3.67. The molecule has 5 rings (SSSR count). The van der Waals surface area contributed by atoms with Crippen molar-refractivity contribution in [1.29, 1.82) is 0 Å². The lowest BCUT2D eigenvalue weighted by molar-refractivity contribution is 0.554. The van der Waals surface area contributed by atoms with E-state index in [1.165, 1.54) is 15.7 Å². The summed E-state index contributed by atoms with van der Waals surface area (Å²) in [6.07, 6.45) is 3.56. The fourth-order valence-corrected chi connectivity index (χ4v) is 4.48. The van der Waals surface area contributed by atoms with Gasteiger partial charge in [0.05, 0.1) is 6.54 Å². The minimum absolute atomic E-state index is 0.243. The normalized spacial score (nSPS) is 12.9. The van der Waals surface area contributed by atoms with Crippen LogP contribution in [0.3, 0.4) is 0 Å². The molecule has 0 N–H and O–H groups in total. The second-order valence-electron chi connectivity index (χ2n) is 8.23. The third-order valence-corrected chi connectivity index (χ3v) is 6.03. The van der Waals surface area contributed by atoms with Crippen LogP contribution >= 0.6 is 0 Å². The summed E-state index contributed by atoms with van der Waals surface area (Å²) in [5.74, 6) is 0.734. The highest BCUT2D eigenvalue weighted by molar-refractivity contribution is 5.88. The van der Waals surface area contributed by atoms with Gasteiger partial charge in [-0.3, -0.25) is 13.9 Å². The summed E-state index contributed by atoms with van der Waals surface area (Å²) >= 11 is 0. The van der Waals surface area contributed by atoms with E-state index in [4.69, 9.17) is 4.98 Å². The molecule has 0 aliphatic carbocycles. The van der Waals surface area contributed by atoms with Crippen molar-refractivity contribution < 1.29 is 0 Å². The molecule has 0 saturated carbocycles. The Balaban J connectivity index is 1.57. The Kier molecular flexibility index (Phi) is 5.13. The minimum Gasteiger partial charge on any atom is -0.314 e. The van der Waals surface area contributed by atoms with E-state index in [-0.39, 0.29) is 11.2 Å². The van der Waals surface area contributed by atoms with Gasteiger partial charge in [0.25, 0.3) is 5.56 Å². The van der Waals surface area contributed by atoms with Gasteiger partial charge in [0.15, 0.2) is 11.2 Å². The van der Waals surface area contributed by atoms with Gasteiger partial charge in [0.1, 0.15) is 5.82 Å². The SMILES string of the molecule is CCCn1c(=O)c2c(nc3n2CC(c2ccc(-c4ccccc4)cc2)=C3)n(CCC)c1=O. The molecule has 0 atom stereocenters. The van der Waals surface area contributed by atoms with Crippen molar-refractivity contribution in [1.82, 2.24) is 18.7 Å². The maximum atomic E-state index is 13.2. The van der Waals surface area contributed by atoms with E-state index < -0.39 is 0 Å². The Bertz CT molecular complexity index is 1440. The minimum atomic E-state index is -0.260. The van der Waals surface area contributed by atoms with Crippen molar-refractivity contribution in [3.63, 3.8) is 0 Å². The Morgan fingerprint density at radius 1 is 0.812 bits per heavy atom. The number of nitrogens with zero attached hydrogens (tertiary/aromatic N) is 4. The van der Waals surface area contributed by atoms with E-state index in [0.29, 0.717) is 30.8 Å². The predicted molar refractivity (Wildman–Crippen MR) is 129 cm³/mol. The van der Waals surface area contributed by atoms with Gasteiger partial charge >= 0.3 is 5.69 Å². The molecule has 0 amide bonds. The number of aryl methyl sites for hydroxylation is 1. The molecule has 0 unspecified atom stereocenters. The molecule has 0 spiro atoms. The van der Waals surface area contributed by atoms with E-state index in [1.54, 1.807) is 4.57 Å². The zero-order valence-corrected chi connectivity index (χ0v) is 18.4. The zero-order chi connectivity index (χ0) is 22.2. The predicted octanol–water partition coefficient (Wildman–Crippen LogP) is 4.40. The van der Waals surface area contributed by atoms with Crippen LogP contribution in [0.25, 0.3) is 33.9 Å². The first-order chi connectivity index (χ1) is 15.6. The molecule has 3 heterocycles. The Labute approximate surface area is 186 Å². The van der Waals surface area contributed by atoms with Gasteiger partial charge < -0.3 is 4.57 Å². The van der Waals surface area contributed by atoms with Crippen LogP contribution in [0.15, 0.2) is 64.2 Å². The van der Waals surface area contributed by atoms with Crippen molar-refractivity contribution in [2.75, 3.05) is 0 Å². The molecule has 0 saturated heterocycles. The standard InChI is InChI=1S/C26H26N4O2/c1-3-14-28-24-23(25(31)29(15-4-2)26(28)32)30-17-21(16-22(30)27-24)20-12-10-19(11-13-20)18-8-6-5-7-9-18/h5-13,16H,3-4,14-15,17H2,1-2H3. The molecule has 4 aromatic rings. The molecule has 0 bridgehead atoms. The van der Waals surface area contributed by atoms with Crippen molar-refractivity contribution in [2.45, 2.75) is 46.3 Å². The van der Waals surface area contributed by atoms with Crippen molar-refractivity contribution in [2.24, 2.45) is 0 Å². The molecule has 0 fully saturated rings. The van der Waals surface area contributed by atoms with E-state index in [9.17, 15) is 9.59 Å². The third-order valence-electron chi connectivity index (χ3n) is 6.03. The molecule has 1 aliphatic heterocycles. The number of benzene rings is 2. The largest absolute Gasteiger partial charge is 0.332 e. The van der Waals surface area contributed by atoms with Crippen LogP contribution in [0.1, 0.15) is 38.1 Å². The lowest BCUT2D eigenvalue weighted by Gasteiger charge is -2.11. The van der Waals surface area contributed by atoms with Gasteiger partial charge in [-0.1, -0.05) is 68.4 Å². The summed E-state index contributed by atoms with van der Waals surface area (Å²) in [5, 5.41) is 0. The summed E-state index contributed by atoms with van der Waals surface area (Å²) in [6, 6.07) is 18.8. The third kappa shape index (κ3) is 3.23. The molecule has 0 radical (unpaired) electrons. The van der Waals surface area contributed by atoms with Gasteiger partial charge in [-0.2, -0.15) is 0 Å². The molecule has 162 valence electrons. The fraction of sp³-hybridized carbons (Fsp3) is 0.269. The van der Waals surface area contributed by atoms with E-state index in [2.05, 4.69) is 36.4 Å². The average molecular weight is 427 g/mol. The van der Waals surface area contributed by atoms with E-state index in [1.807, 2.05) is 42.7 Å². The molecular weight excluding hydrogens is 400 g/mol. The van der Waals surface area contributed by atoms with E-state index >= 15 is 0 Å². The van der Waals surface area contributed by atoms with Gasteiger partial charge in [-0.05, 0) is 41.2 Å².